The normalized spacial score (nSPS) is 28.6. The summed E-state index contributed by atoms with van der Waals surface area (Å²) in [7, 11) is 1.58. The van der Waals surface area contributed by atoms with E-state index in [0.29, 0.717) is 23.2 Å². The van der Waals surface area contributed by atoms with E-state index in [0.717, 1.165) is 5.56 Å². The number of para-hydroxylation sites is 1. The van der Waals surface area contributed by atoms with Crippen LogP contribution in [0, 0.1) is 5.92 Å². The fourth-order valence-electron chi connectivity index (χ4n) is 3.08. The van der Waals surface area contributed by atoms with Crippen LogP contribution in [0.25, 0.3) is 0 Å². The summed E-state index contributed by atoms with van der Waals surface area (Å²) in [5.74, 6) is 0.345. The van der Waals surface area contributed by atoms with Crippen LogP contribution in [-0.2, 0) is 9.53 Å². The number of thiocarbonyl (C=S) groups is 1. The van der Waals surface area contributed by atoms with E-state index in [1.807, 2.05) is 18.2 Å². The molecule has 118 valence electrons. The number of carbonyl (C=O) groups excluding carboxylic acids is 1. The van der Waals surface area contributed by atoms with Gasteiger partial charge < -0.3 is 24.8 Å². The second-order valence-electron chi connectivity index (χ2n) is 5.39. The smallest absolute Gasteiger partial charge is 0.317 e. The molecule has 0 aromatic heterocycles. The Balaban J connectivity index is 2.12. The molecule has 0 spiro atoms. The van der Waals surface area contributed by atoms with Crippen molar-refractivity contribution in [3.8, 4) is 11.5 Å². The first-order valence-corrected chi connectivity index (χ1v) is 7.52. The molecule has 22 heavy (non-hydrogen) atoms. The number of esters is 1. The first-order valence-electron chi connectivity index (χ1n) is 7.11. The van der Waals surface area contributed by atoms with E-state index < -0.39 is 11.6 Å². The van der Waals surface area contributed by atoms with Crippen molar-refractivity contribution in [2.24, 2.45) is 5.92 Å². The van der Waals surface area contributed by atoms with Crippen molar-refractivity contribution in [2.75, 3.05) is 13.7 Å². The summed E-state index contributed by atoms with van der Waals surface area (Å²) >= 11 is 5.24. The number of hydrogen-bond acceptors (Lipinski definition) is 5. The molecular weight excluding hydrogens is 304 g/mol. The van der Waals surface area contributed by atoms with E-state index in [1.54, 1.807) is 21.0 Å². The maximum absolute atomic E-state index is 12.4. The molecule has 2 N–H and O–H groups in total. The van der Waals surface area contributed by atoms with Gasteiger partial charge in [-0.3, -0.25) is 4.79 Å². The van der Waals surface area contributed by atoms with Gasteiger partial charge in [0.1, 0.15) is 5.92 Å². The van der Waals surface area contributed by atoms with E-state index in [-0.39, 0.29) is 12.0 Å². The molecule has 3 atom stereocenters. The van der Waals surface area contributed by atoms with Crippen LogP contribution in [0.5, 0.6) is 11.5 Å². The Kier molecular flexibility index (Phi) is 3.60. The van der Waals surface area contributed by atoms with Crippen LogP contribution in [0.3, 0.4) is 0 Å². The summed E-state index contributed by atoms with van der Waals surface area (Å²) in [5, 5.41) is 6.65. The van der Waals surface area contributed by atoms with E-state index in [1.165, 1.54) is 0 Å². The summed E-state index contributed by atoms with van der Waals surface area (Å²) in [4.78, 5) is 12.4. The number of hydrogen-bond donors (Lipinski definition) is 2. The maximum atomic E-state index is 12.4. The first kappa shape index (κ1) is 14.9. The summed E-state index contributed by atoms with van der Waals surface area (Å²) in [6.07, 6.45) is 0. The van der Waals surface area contributed by atoms with Gasteiger partial charge in [-0.15, -0.1) is 0 Å². The molecule has 0 saturated carbocycles. The highest BCUT2D eigenvalue weighted by molar-refractivity contribution is 7.80. The van der Waals surface area contributed by atoms with Crippen LogP contribution in [0.2, 0.25) is 0 Å². The van der Waals surface area contributed by atoms with Crippen molar-refractivity contribution in [3.63, 3.8) is 0 Å². The fourth-order valence-corrected chi connectivity index (χ4v) is 3.41. The lowest BCUT2D eigenvalue weighted by Gasteiger charge is -2.50. The van der Waals surface area contributed by atoms with E-state index in [2.05, 4.69) is 10.6 Å². The molecule has 1 fully saturated rings. The lowest BCUT2D eigenvalue weighted by molar-refractivity contribution is -0.162. The number of fused-ring (bicyclic) bond motifs is 4. The summed E-state index contributed by atoms with van der Waals surface area (Å²) in [6.45, 7) is 3.89. The number of nitrogens with one attached hydrogen (secondary N) is 2. The minimum Gasteiger partial charge on any atom is -0.493 e. The molecule has 1 aromatic rings. The Morgan fingerprint density at radius 3 is 2.95 bits per heavy atom. The van der Waals surface area contributed by atoms with Crippen molar-refractivity contribution in [3.05, 3.63) is 23.8 Å². The third-order valence-corrected chi connectivity index (χ3v) is 4.21. The zero-order chi connectivity index (χ0) is 15.9. The van der Waals surface area contributed by atoms with Gasteiger partial charge in [-0.2, -0.15) is 0 Å². The minimum atomic E-state index is -0.985. The molecular formula is C15H18N2O4S. The number of ether oxygens (including phenoxy) is 3. The lowest BCUT2D eigenvalue weighted by Crippen LogP contribution is -2.70. The van der Waals surface area contributed by atoms with Crippen LogP contribution in [0.1, 0.15) is 25.5 Å². The van der Waals surface area contributed by atoms with Crippen molar-refractivity contribution < 1.29 is 19.0 Å². The molecule has 1 saturated heterocycles. The van der Waals surface area contributed by atoms with Gasteiger partial charge in [0, 0.05) is 5.56 Å². The molecule has 2 bridgehead atoms. The molecule has 3 rings (SSSR count). The third kappa shape index (κ3) is 2.16. The quantitative estimate of drug-likeness (QED) is 0.645. The molecule has 0 amide bonds. The number of rotatable bonds is 3. The van der Waals surface area contributed by atoms with Gasteiger partial charge in [0.15, 0.2) is 22.3 Å². The highest BCUT2D eigenvalue weighted by Gasteiger charge is 2.56. The molecule has 0 radical (unpaired) electrons. The molecule has 2 aliphatic heterocycles. The number of carbonyl (C=O) groups is 1. The maximum Gasteiger partial charge on any atom is 0.317 e. The Bertz CT molecular complexity index is 636. The zero-order valence-electron chi connectivity index (χ0n) is 12.6. The van der Waals surface area contributed by atoms with Gasteiger partial charge in [0.2, 0.25) is 0 Å². The largest absolute Gasteiger partial charge is 0.493 e. The Hall–Kier alpha value is -2.02. The predicted molar refractivity (Wildman–Crippen MR) is 83.8 cm³/mol. The van der Waals surface area contributed by atoms with E-state index in [9.17, 15) is 4.79 Å². The third-order valence-electron chi connectivity index (χ3n) is 3.99. The summed E-state index contributed by atoms with van der Waals surface area (Å²) in [5.41, 5.74) is -0.153. The molecule has 7 heteroatoms. The van der Waals surface area contributed by atoms with Gasteiger partial charge in [-0.1, -0.05) is 12.1 Å². The average Bonchev–Trinajstić information content (AvgIpc) is 2.45. The molecule has 2 heterocycles. The van der Waals surface area contributed by atoms with Crippen LogP contribution in [0.15, 0.2) is 18.2 Å². The lowest BCUT2D eigenvalue weighted by atomic mass is 9.80. The summed E-state index contributed by atoms with van der Waals surface area (Å²) in [6, 6.07) is 5.26. The molecule has 0 unspecified atom stereocenters. The van der Waals surface area contributed by atoms with Crippen LogP contribution >= 0.6 is 12.2 Å². The Labute approximate surface area is 134 Å². The predicted octanol–water partition coefficient (Wildman–Crippen LogP) is 1.50. The second kappa shape index (κ2) is 5.31. The topological polar surface area (TPSA) is 68.8 Å². The highest BCUT2D eigenvalue weighted by Crippen LogP contribution is 2.48. The molecule has 2 aliphatic rings. The standard InChI is InChI=1S/C15H18N2O4S/c1-4-20-13(18)10-11-8-6-5-7-9(19-3)12(8)21-15(10,2)17-14(22)16-11/h5-7,10-11H,4H2,1-3H3,(H2,16,17,22)/t10-,11+,15-/m0/s1. The molecule has 6 nitrogen and oxygen atoms in total. The zero-order valence-corrected chi connectivity index (χ0v) is 13.5. The molecule has 1 aromatic carbocycles. The van der Waals surface area contributed by atoms with Crippen molar-refractivity contribution in [2.45, 2.75) is 25.6 Å². The molecule has 0 aliphatic carbocycles. The van der Waals surface area contributed by atoms with Crippen LogP contribution in [0.4, 0.5) is 0 Å². The Morgan fingerprint density at radius 2 is 2.27 bits per heavy atom. The van der Waals surface area contributed by atoms with Gasteiger partial charge in [-0.25, -0.2) is 0 Å². The Morgan fingerprint density at radius 1 is 1.50 bits per heavy atom. The van der Waals surface area contributed by atoms with Crippen molar-refractivity contribution >= 4 is 23.3 Å². The van der Waals surface area contributed by atoms with E-state index >= 15 is 0 Å². The van der Waals surface area contributed by atoms with E-state index in [4.69, 9.17) is 26.4 Å². The SMILES string of the molecule is CCOC(=O)[C@@H]1[C@@H]2NC(=S)N[C@@]1(C)Oc1c(OC)cccc12. The number of benzene rings is 1. The van der Waals surface area contributed by atoms with Crippen LogP contribution in [-0.4, -0.2) is 30.5 Å². The average molecular weight is 322 g/mol. The summed E-state index contributed by atoms with van der Waals surface area (Å²) < 4.78 is 16.7. The second-order valence-corrected chi connectivity index (χ2v) is 5.80. The van der Waals surface area contributed by atoms with Gasteiger partial charge in [0.25, 0.3) is 0 Å². The minimum absolute atomic E-state index is 0.313. The first-order chi connectivity index (χ1) is 10.5. The van der Waals surface area contributed by atoms with Gasteiger partial charge in [0.05, 0.1) is 19.8 Å². The van der Waals surface area contributed by atoms with Crippen molar-refractivity contribution in [1.82, 2.24) is 10.6 Å². The number of methoxy groups -OCH3 is 1. The van der Waals surface area contributed by atoms with Crippen LogP contribution < -0.4 is 20.1 Å². The highest BCUT2D eigenvalue weighted by atomic mass is 32.1. The monoisotopic (exact) mass is 322 g/mol. The fraction of sp³-hybridized carbons (Fsp3) is 0.467. The van der Waals surface area contributed by atoms with Gasteiger partial charge in [-0.05, 0) is 32.1 Å². The van der Waals surface area contributed by atoms with Gasteiger partial charge >= 0.3 is 5.97 Å². The van der Waals surface area contributed by atoms with Crippen molar-refractivity contribution in [1.29, 1.82) is 0 Å².